The Hall–Kier alpha value is 0.210. The molecule has 0 aliphatic carbocycles. The van der Waals surface area contributed by atoms with Crippen LogP contribution < -0.4 is 5.32 Å². The summed E-state index contributed by atoms with van der Waals surface area (Å²) in [6, 6.07) is 0.340. The molecule has 0 unspecified atom stereocenters. The Labute approximate surface area is 53.8 Å². The van der Waals surface area contributed by atoms with E-state index in [0.29, 0.717) is 18.5 Å². The van der Waals surface area contributed by atoms with Crippen molar-refractivity contribution in [1.82, 2.24) is 5.32 Å². The molecule has 1 aliphatic heterocycles. The molecule has 0 aromatic heterocycles. The number of alkyl halides is 1. The summed E-state index contributed by atoms with van der Waals surface area (Å²) in [6.07, 6.45) is 0.641. The Bertz CT molecular complexity index is 78.8. The molecule has 0 saturated carbocycles. The number of hydrogen-bond donors (Lipinski definition) is 2. The van der Waals surface area contributed by atoms with Crippen LogP contribution in [0.4, 0.5) is 0 Å². The van der Waals surface area contributed by atoms with E-state index in [1.165, 1.54) is 0 Å². The van der Waals surface area contributed by atoms with Crippen molar-refractivity contribution in [2.75, 3.05) is 12.4 Å². The maximum Gasteiger partial charge on any atom is 0.0679 e. The van der Waals surface area contributed by atoms with Gasteiger partial charge in [-0.25, -0.2) is 0 Å². The molecule has 2 N–H and O–H groups in total. The van der Waals surface area contributed by atoms with Crippen LogP contribution in [0.5, 0.6) is 0 Å². The fourth-order valence-electron chi connectivity index (χ4n) is 0.915. The van der Waals surface area contributed by atoms with Crippen molar-refractivity contribution in [2.24, 2.45) is 0 Å². The van der Waals surface area contributed by atoms with Crippen LogP contribution in [0, 0.1) is 0 Å². The molecule has 1 rings (SSSR count). The summed E-state index contributed by atoms with van der Waals surface area (Å²) >= 11 is 5.50. The molecule has 0 spiro atoms. The van der Waals surface area contributed by atoms with Gasteiger partial charge in [0.1, 0.15) is 0 Å². The lowest BCUT2D eigenvalue weighted by Crippen LogP contribution is -2.22. The van der Waals surface area contributed by atoms with Crippen LogP contribution >= 0.6 is 11.6 Å². The molecule has 1 saturated heterocycles. The van der Waals surface area contributed by atoms with Crippen LogP contribution in [0.3, 0.4) is 0 Å². The first-order valence-corrected chi connectivity index (χ1v) is 3.34. The lowest BCUT2D eigenvalue weighted by molar-refractivity contribution is 0.194. The van der Waals surface area contributed by atoms with Crippen molar-refractivity contribution >= 4 is 11.6 Å². The lowest BCUT2D eigenvalue weighted by Gasteiger charge is -2.00. The third-order valence-corrected chi connectivity index (χ3v) is 1.76. The van der Waals surface area contributed by atoms with E-state index in [1.807, 2.05) is 0 Å². The highest BCUT2D eigenvalue weighted by Crippen LogP contribution is 2.06. The Morgan fingerprint density at radius 3 is 2.75 bits per heavy atom. The first-order chi connectivity index (χ1) is 3.83. The SMILES string of the molecule is O[C@@H]1CN[C@@H](CCl)C1. The Balaban J connectivity index is 2.22. The van der Waals surface area contributed by atoms with E-state index in [1.54, 1.807) is 0 Å². The summed E-state index contributed by atoms with van der Waals surface area (Å²) in [5.41, 5.74) is 0. The molecule has 1 heterocycles. The van der Waals surface area contributed by atoms with Gasteiger partial charge in [0.05, 0.1) is 6.10 Å². The second-order valence-corrected chi connectivity index (χ2v) is 2.46. The number of β-amino-alcohol motifs (C(OH)–C–C–N with tert-alkyl or cyclic N) is 1. The van der Waals surface area contributed by atoms with Crippen LogP contribution in [0.1, 0.15) is 6.42 Å². The summed E-state index contributed by atoms with van der Waals surface area (Å²) in [6.45, 7) is 0.706. The van der Waals surface area contributed by atoms with Crippen molar-refractivity contribution in [3.8, 4) is 0 Å². The number of nitrogens with one attached hydrogen (secondary N) is 1. The van der Waals surface area contributed by atoms with Gasteiger partial charge >= 0.3 is 0 Å². The smallest absolute Gasteiger partial charge is 0.0679 e. The fourth-order valence-corrected chi connectivity index (χ4v) is 1.15. The van der Waals surface area contributed by atoms with E-state index in [4.69, 9.17) is 16.7 Å². The average Bonchev–Trinajstić information content (AvgIpc) is 2.14. The van der Waals surface area contributed by atoms with E-state index in [0.717, 1.165) is 6.42 Å². The highest BCUT2D eigenvalue weighted by molar-refractivity contribution is 6.18. The average molecular weight is 136 g/mol. The number of halogens is 1. The zero-order valence-corrected chi connectivity index (χ0v) is 5.36. The van der Waals surface area contributed by atoms with Gasteiger partial charge in [0, 0.05) is 18.5 Å². The number of hydrogen-bond acceptors (Lipinski definition) is 2. The van der Waals surface area contributed by atoms with E-state index >= 15 is 0 Å². The van der Waals surface area contributed by atoms with Gasteiger partial charge in [-0.1, -0.05) is 0 Å². The summed E-state index contributed by atoms with van der Waals surface area (Å²) < 4.78 is 0. The van der Waals surface area contributed by atoms with Crippen LogP contribution in [-0.4, -0.2) is 29.7 Å². The summed E-state index contributed by atoms with van der Waals surface area (Å²) in [7, 11) is 0. The Morgan fingerprint density at radius 1 is 1.75 bits per heavy atom. The van der Waals surface area contributed by atoms with Gasteiger partial charge < -0.3 is 10.4 Å². The molecule has 2 atom stereocenters. The highest BCUT2D eigenvalue weighted by atomic mass is 35.5. The molecule has 0 aromatic rings. The van der Waals surface area contributed by atoms with Crippen LogP contribution in [-0.2, 0) is 0 Å². The van der Waals surface area contributed by atoms with E-state index in [-0.39, 0.29) is 6.10 Å². The molecule has 0 amide bonds. The molecule has 0 bridgehead atoms. The second-order valence-electron chi connectivity index (χ2n) is 2.15. The van der Waals surface area contributed by atoms with Crippen molar-refractivity contribution in [2.45, 2.75) is 18.6 Å². The molecule has 1 fully saturated rings. The number of rotatable bonds is 1. The Kier molecular flexibility index (Phi) is 2.11. The van der Waals surface area contributed by atoms with Crippen molar-refractivity contribution in [3.63, 3.8) is 0 Å². The van der Waals surface area contributed by atoms with Crippen LogP contribution in [0.15, 0.2) is 0 Å². The van der Waals surface area contributed by atoms with Crippen molar-refractivity contribution < 1.29 is 5.11 Å². The molecule has 2 nitrogen and oxygen atoms in total. The van der Waals surface area contributed by atoms with Gasteiger partial charge in [0.15, 0.2) is 0 Å². The molecular formula is C5H10ClNO. The van der Waals surface area contributed by atoms with E-state index in [9.17, 15) is 0 Å². The molecule has 48 valence electrons. The second kappa shape index (κ2) is 2.67. The molecule has 0 radical (unpaired) electrons. The van der Waals surface area contributed by atoms with E-state index < -0.39 is 0 Å². The minimum absolute atomic E-state index is 0.168. The third kappa shape index (κ3) is 1.34. The monoisotopic (exact) mass is 135 g/mol. The van der Waals surface area contributed by atoms with Crippen molar-refractivity contribution in [3.05, 3.63) is 0 Å². The maximum absolute atomic E-state index is 8.91. The maximum atomic E-state index is 8.91. The zero-order valence-electron chi connectivity index (χ0n) is 4.60. The van der Waals surface area contributed by atoms with Crippen LogP contribution in [0.2, 0.25) is 0 Å². The van der Waals surface area contributed by atoms with E-state index in [2.05, 4.69) is 5.32 Å². The lowest BCUT2D eigenvalue weighted by atomic mass is 10.2. The molecule has 0 aromatic carbocycles. The molecule has 8 heavy (non-hydrogen) atoms. The predicted molar refractivity (Wildman–Crippen MR) is 33.1 cm³/mol. The summed E-state index contributed by atoms with van der Waals surface area (Å²) in [4.78, 5) is 0. The normalized spacial score (nSPS) is 38.2. The largest absolute Gasteiger partial charge is 0.392 e. The van der Waals surface area contributed by atoms with Crippen molar-refractivity contribution in [1.29, 1.82) is 0 Å². The van der Waals surface area contributed by atoms with Gasteiger partial charge in [-0.15, -0.1) is 11.6 Å². The van der Waals surface area contributed by atoms with Gasteiger partial charge in [-0.05, 0) is 6.42 Å². The van der Waals surface area contributed by atoms with Crippen LogP contribution in [0.25, 0.3) is 0 Å². The number of aliphatic hydroxyl groups is 1. The Morgan fingerprint density at radius 2 is 2.50 bits per heavy atom. The van der Waals surface area contributed by atoms with Gasteiger partial charge in [-0.2, -0.15) is 0 Å². The summed E-state index contributed by atoms with van der Waals surface area (Å²) in [5, 5.41) is 12.0. The first kappa shape index (κ1) is 6.33. The topological polar surface area (TPSA) is 32.3 Å². The summed E-state index contributed by atoms with van der Waals surface area (Å²) in [5.74, 6) is 0.608. The third-order valence-electron chi connectivity index (χ3n) is 1.39. The van der Waals surface area contributed by atoms with Gasteiger partial charge in [0.2, 0.25) is 0 Å². The minimum atomic E-state index is -0.168. The highest BCUT2D eigenvalue weighted by Gasteiger charge is 2.20. The zero-order chi connectivity index (χ0) is 5.98. The minimum Gasteiger partial charge on any atom is -0.392 e. The van der Waals surface area contributed by atoms with Gasteiger partial charge in [0.25, 0.3) is 0 Å². The van der Waals surface area contributed by atoms with Gasteiger partial charge in [-0.3, -0.25) is 0 Å². The first-order valence-electron chi connectivity index (χ1n) is 2.80. The fraction of sp³-hybridized carbons (Fsp3) is 1.00. The quantitative estimate of drug-likeness (QED) is 0.494. The molecular weight excluding hydrogens is 126 g/mol. The number of aliphatic hydroxyl groups excluding tert-OH is 1. The standard InChI is InChI=1S/C5H10ClNO/c6-2-4-1-5(8)3-7-4/h4-5,7-8H,1-3H2/t4-,5+/m1/s1. The molecule has 3 heteroatoms. The predicted octanol–water partition coefficient (Wildman–Crippen LogP) is -0.0520. The molecule has 1 aliphatic rings.